The zero-order valence-electron chi connectivity index (χ0n) is 10.2. The van der Waals surface area contributed by atoms with Gasteiger partial charge in [-0.15, -0.1) is 0 Å². The molecule has 0 bridgehead atoms. The fraction of sp³-hybridized carbons (Fsp3) is 0.500. The van der Waals surface area contributed by atoms with Crippen LogP contribution in [0, 0.1) is 11.6 Å². The summed E-state index contributed by atoms with van der Waals surface area (Å²) in [6.45, 7) is 5.38. The zero-order chi connectivity index (χ0) is 13.2. The summed E-state index contributed by atoms with van der Waals surface area (Å²) in [6, 6.07) is 3.43. The SMILES string of the molecule is C[C@@H](CC(C)(C)S(N)=O)c1cc(F)cc(F)c1. The first-order chi connectivity index (χ1) is 7.72. The van der Waals surface area contributed by atoms with Crippen LogP contribution in [0.3, 0.4) is 0 Å². The van der Waals surface area contributed by atoms with Crippen molar-refractivity contribution in [2.75, 3.05) is 0 Å². The minimum Gasteiger partial charge on any atom is -0.251 e. The highest BCUT2D eigenvalue weighted by Gasteiger charge is 2.26. The van der Waals surface area contributed by atoms with E-state index in [-0.39, 0.29) is 5.92 Å². The molecule has 0 aliphatic rings. The maximum Gasteiger partial charge on any atom is 0.126 e. The van der Waals surface area contributed by atoms with Crippen LogP contribution in [0.1, 0.15) is 38.7 Å². The smallest absolute Gasteiger partial charge is 0.126 e. The third kappa shape index (κ3) is 3.85. The summed E-state index contributed by atoms with van der Waals surface area (Å²) in [5.41, 5.74) is 0.557. The summed E-state index contributed by atoms with van der Waals surface area (Å²) < 4.78 is 36.8. The maximum atomic E-state index is 13.1. The van der Waals surface area contributed by atoms with Crippen molar-refractivity contribution in [1.29, 1.82) is 0 Å². The van der Waals surface area contributed by atoms with Crippen molar-refractivity contribution in [2.45, 2.75) is 37.9 Å². The van der Waals surface area contributed by atoms with Gasteiger partial charge in [0.25, 0.3) is 0 Å². The number of halogens is 2. The molecule has 0 aliphatic carbocycles. The number of rotatable bonds is 4. The van der Waals surface area contributed by atoms with Crippen LogP contribution in [0.2, 0.25) is 0 Å². The Labute approximate surface area is 103 Å². The summed E-state index contributed by atoms with van der Waals surface area (Å²) in [4.78, 5) is 0. The van der Waals surface area contributed by atoms with E-state index in [4.69, 9.17) is 5.14 Å². The fourth-order valence-corrected chi connectivity index (χ4v) is 2.21. The van der Waals surface area contributed by atoms with E-state index < -0.39 is 27.4 Å². The van der Waals surface area contributed by atoms with E-state index in [2.05, 4.69) is 0 Å². The van der Waals surface area contributed by atoms with E-state index in [1.807, 2.05) is 6.92 Å². The lowest BCUT2D eigenvalue weighted by molar-refractivity contribution is 0.529. The Balaban J connectivity index is 2.90. The molecule has 0 saturated heterocycles. The van der Waals surface area contributed by atoms with Gasteiger partial charge in [0.05, 0.1) is 15.7 Å². The highest BCUT2D eigenvalue weighted by molar-refractivity contribution is 7.84. The van der Waals surface area contributed by atoms with Crippen molar-refractivity contribution in [3.8, 4) is 0 Å². The van der Waals surface area contributed by atoms with Crippen molar-refractivity contribution < 1.29 is 13.0 Å². The Bertz CT molecular complexity index is 414. The van der Waals surface area contributed by atoms with Crippen molar-refractivity contribution in [2.24, 2.45) is 5.14 Å². The van der Waals surface area contributed by atoms with Crippen LogP contribution in [0.4, 0.5) is 8.78 Å². The normalized spacial score (nSPS) is 15.6. The Hall–Kier alpha value is -0.810. The van der Waals surface area contributed by atoms with Crippen LogP contribution in [-0.4, -0.2) is 8.96 Å². The second-order valence-corrected chi connectivity index (χ2v) is 6.57. The average Bonchev–Trinajstić information content (AvgIpc) is 2.15. The Morgan fingerprint density at radius 1 is 1.29 bits per heavy atom. The molecule has 1 aromatic carbocycles. The summed E-state index contributed by atoms with van der Waals surface area (Å²) in [5.74, 6) is -1.31. The quantitative estimate of drug-likeness (QED) is 0.889. The molecule has 0 aliphatic heterocycles. The topological polar surface area (TPSA) is 43.1 Å². The van der Waals surface area contributed by atoms with Gasteiger partial charge in [0.1, 0.15) is 11.6 Å². The average molecular weight is 261 g/mol. The molecule has 1 rings (SSSR count). The predicted molar refractivity (Wildman–Crippen MR) is 65.8 cm³/mol. The van der Waals surface area contributed by atoms with Crippen molar-refractivity contribution in [3.63, 3.8) is 0 Å². The molecule has 0 aromatic heterocycles. The van der Waals surface area contributed by atoms with E-state index in [1.165, 1.54) is 12.1 Å². The lowest BCUT2D eigenvalue weighted by Gasteiger charge is -2.25. The molecule has 0 heterocycles. The molecule has 1 unspecified atom stereocenters. The first-order valence-electron chi connectivity index (χ1n) is 5.34. The van der Waals surface area contributed by atoms with Gasteiger partial charge in [-0.25, -0.2) is 13.0 Å². The molecule has 1 aromatic rings. The highest BCUT2D eigenvalue weighted by Crippen LogP contribution is 2.29. The second-order valence-electron chi connectivity index (χ2n) is 4.87. The van der Waals surface area contributed by atoms with Crippen LogP contribution in [0.25, 0.3) is 0 Å². The third-order valence-electron chi connectivity index (χ3n) is 2.80. The Morgan fingerprint density at radius 3 is 2.18 bits per heavy atom. The monoisotopic (exact) mass is 261 g/mol. The van der Waals surface area contributed by atoms with E-state index in [9.17, 15) is 13.0 Å². The van der Waals surface area contributed by atoms with E-state index in [0.29, 0.717) is 12.0 Å². The first-order valence-corrected chi connectivity index (χ1v) is 6.56. The van der Waals surface area contributed by atoms with Crippen molar-refractivity contribution >= 4 is 11.0 Å². The summed E-state index contributed by atoms with van der Waals surface area (Å²) in [5, 5.41) is 5.38. The van der Waals surface area contributed by atoms with E-state index in [1.54, 1.807) is 13.8 Å². The van der Waals surface area contributed by atoms with Gasteiger partial charge >= 0.3 is 0 Å². The molecule has 17 heavy (non-hydrogen) atoms. The molecule has 96 valence electrons. The molecule has 0 spiro atoms. The van der Waals surface area contributed by atoms with E-state index >= 15 is 0 Å². The van der Waals surface area contributed by atoms with Crippen molar-refractivity contribution in [3.05, 3.63) is 35.4 Å². The minimum atomic E-state index is -1.47. The fourth-order valence-electron chi connectivity index (χ4n) is 1.80. The van der Waals surface area contributed by atoms with Gasteiger partial charge < -0.3 is 0 Å². The lowest BCUT2D eigenvalue weighted by Crippen LogP contribution is -2.33. The molecule has 5 heteroatoms. The van der Waals surface area contributed by atoms with Gasteiger partial charge in [-0.2, -0.15) is 0 Å². The molecule has 0 radical (unpaired) electrons. The maximum absolute atomic E-state index is 13.1. The molecule has 0 fully saturated rings. The molecular weight excluding hydrogens is 244 g/mol. The van der Waals surface area contributed by atoms with Gasteiger partial charge in [-0.1, -0.05) is 6.92 Å². The van der Waals surface area contributed by atoms with Gasteiger partial charge in [0.2, 0.25) is 0 Å². The second kappa shape index (κ2) is 5.23. The number of hydrogen-bond acceptors (Lipinski definition) is 1. The lowest BCUT2D eigenvalue weighted by atomic mass is 9.91. The summed E-state index contributed by atoms with van der Waals surface area (Å²) >= 11 is 0. The Kier molecular flexibility index (Phi) is 4.38. The molecule has 2 N–H and O–H groups in total. The van der Waals surface area contributed by atoms with Gasteiger partial charge in [-0.3, -0.25) is 5.14 Å². The van der Waals surface area contributed by atoms with E-state index in [0.717, 1.165) is 6.07 Å². The molecular formula is C12H17F2NOS. The standard InChI is InChI=1S/C12H17F2NOS/c1-8(7-12(2,3)17(15)16)9-4-10(13)6-11(14)5-9/h4-6,8H,7,15H2,1-3H3/t8-,17?/m0/s1. The van der Waals surface area contributed by atoms with Crippen LogP contribution in [-0.2, 0) is 11.0 Å². The molecule has 0 saturated carbocycles. The van der Waals surface area contributed by atoms with Gasteiger partial charge in [-0.05, 0) is 43.9 Å². The molecule has 2 nitrogen and oxygen atoms in total. The van der Waals surface area contributed by atoms with Crippen LogP contribution in [0.15, 0.2) is 18.2 Å². The molecule has 2 atom stereocenters. The largest absolute Gasteiger partial charge is 0.251 e. The zero-order valence-corrected chi connectivity index (χ0v) is 11.0. The predicted octanol–water partition coefficient (Wildman–Crippen LogP) is 2.86. The number of hydrogen-bond donors (Lipinski definition) is 1. The summed E-state index contributed by atoms with van der Waals surface area (Å²) in [7, 11) is -1.47. The Morgan fingerprint density at radius 2 is 1.76 bits per heavy atom. The first kappa shape index (κ1) is 14.3. The van der Waals surface area contributed by atoms with Crippen LogP contribution >= 0.6 is 0 Å². The van der Waals surface area contributed by atoms with Crippen molar-refractivity contribution in [1.82, 2.24) is 0 Å². The summed E-state index contributed by atoms with van der Waals surface area (Å²) in [6.07, 6.45) is 0.499. The third-order valence-corrected chi connectivity index (χ3v) is 4.05. The number of benzene rings is 1. The van der Waals surface area contributed by atoms with Gasteiger partial charge in [0.15, 0.2) is 0 Å². The van der Waals surface area contributed by atoms with Crippen LogP contribution in [0.5, 0.6) is 0 Å². The minimum absolute atomic E-state index is 0.109. The highest BCUT2D eigenvalue weighted by atomic mass is 32.2. The number of nitrogens with two attached hydrogens (primary N) is 1. The molecule has 0 amide bonds. The van der Waals surface area contributed by atoms with Crippen LogP contribution < -0.4 is 5.14 Å². The van der Waals surface area contributed by atoms with Gasteiger partial charge in [0, 0.05) is 6.07 Å².